The van der Waals surface area contributed by atoms with Crippen LogP contribution in [0.15, 0.2) is 86.0 Å². The second-order valence-corrected chi connectivity index (χ2v) is 10.4. The van der Waals surface area contributed by atoms with Crippen LogP contribution in [0.5, 0.6) is 0 Å². The van der Waals surface area contributed by atoms with Gasteiger partial charge in [-0.25, -0.2) is 8.42 Å². The van der Waals surface area contributed by atoms with Gasteiger partial charge in [-0.05, 0) is 24.0 Å². The summed E-state index contributed by atoms with van der Waals surface area (Å²) in [4.78, 5) is -2.18. The highest BCUT2D eigenvalue weighted by molar-refractivity contribution is 7.91. The van der Waals surface area contributed by atoms with E-state index >= 15 is 0 Å². The molecule has 0 spiro atoms. The van der Waals surface area contributed by atoms with Crippen LogP contribution < -0.4 is 0 Å². The fourth-order valence-electron chi connectivity index (χ4n) is 3.02. The monoisotopic (exact) mass is 422 g/mol. The number of allylic oxidation sites excluding steroid dienone is 2. The Morgan fingerprint density at radius 1 is 0.741 bits per heavy atom. The molecule has 2 unspecified atom stereocenters. The fourth-order valence-corrected chi connectivity index (χ4v) is 6.33. The molecule has 2 aromatic rings. The van der Waals surface area contributed by atoms with Gasteiger partial charge >= 0.3 is 0 Å². The van der Waals surface area contributed by atoms with Gasteiger partial charge in [0, 0.05) is 0 Å². The summed E-state index contributed by atoms with van der Waals surface area (Å²) in [6, 6.07) is 19.0. The molecule has 27 heavy (non-hydrogen) atoms. The van der Waals surface area contributed by atoms with Crippen molar-refractivity contribution in [3.8, 4) is 0 Å². The molecule has 0 aliphatic rings. The number of hydrogen-bond donors (Lipinski definition) is 0. The molecule has 2 rings (SSSR count). The Morgan fingerprint density at radius 3 is 1.37 bits per heavy atom. The Kier molecular flexibility index (Phi) is 7.32. The minimum Gasteiger partial charge on any atom is -0.229 e. The van der Waals surface area contributed by atoms with E-state index in [1.165, 1.54) is 12.2 Å². The summed E-state index contributed by atoms with van der Waals surface area (Å²) in [5.74, 6) is -0.478. The summed E-state index contributed by atoms with van der Waals surface area (Å²) < 4.78 is 25.8. The summed E-state index contributed by atoms with van der Waals surface area (Å²) >= 11 is 13.2. The maximum absolute atomic E-state index is 12.9. The lowest BCUT2D eigenvalue weighted by molar-refractivity contribution is 0.578. The van der Waals surface area contributed by atoms with Gasteiger partial charge in [-0.15, -0.1) is 36.4 Å². The van der Waals surface area contributed by atoms with Crippen LogP contribution in [-0.4, -0.2) is 29.7 Å². The maximum atomic E-state index is 12.9. The lowest BCUT2D eigenvalue weighted by Gasteiger charge is -2.27. The molecule has 0 N–H and O–H groups in total. The van der Waals surface area contributed by atoms with Gasteiger partial charge in [0.15, 0.2) is 9.84 Å². The van der Waals surface area contributed by atoms with E-state index in [-0.39, 0.29) is 11.5 Å². The van der Waals surface area contributed by atoms with E-state index in [4.69, 9.17) is 23.2 Å². The maximum Gasteiger partial charge on any atom is 0.154 e. The van der Waals surface area contributed by atoms with Crippen LogP contribution in [0.1, 0.15) is 11.1 Å². The number of hydrogen-bond acceptors (Lipinski definition) is 2. The first-order valence-corrected chi connectivity index (χ1v) is 11.2. The fraction of sp³-hybridized carbons (Fsp3) is 0.273. The topological polar surface area (TPSA) is 34.1 Å². The molecule has 144 valence electrons. The third kappa shape index (κ3) is 6.84. The number of sulfone groups is 1. The molecule has 0 saturated carbocycles. The molecule has 0 amide bonds. The van der Waals surface area contributed by atoms with Crippen molar-refractivity contribution in [2.75, 3.05) is 11.5 Å². The van der Waals surface area contributed by atoms with E-state index < -0.39 is 19.6 Å². The summed E-state index contributed by atoms with van der Waals surface area (Å²) in [6.07, 6.45) is 3.75. The van der Waals surface area contributed by atoms with Gasteiger partial charge in [0.25, 0.3) is 0 Å². The molecule has 0 aliphatic carbocycles. The summed E-state index contributed by atoms with van der Waals surface area (Å²) in [7, 11) is -3.57. The van der Waals surface area contributed by atoms with Crippen LogP contribution in [0, 0.1) is 0 Å². The van der Waals surface area contributed by atoms with Crippen molar-refractivity contribution in [1.29, 1.82) is 0 Å². The molecule has 0 heterocycles. The number of rotatable bonds is 10. The zero-order valence-corrected chi connectivity index (χ0v) is 17.5. The minimum atomic E-state index is -3.57. The van der Waals surface area contributed by atoms with E-state index in [1.54, 1.807) is 0 Å². The Bertz CT molecular complexity index is 798. The van der Waals surface area contributed by atoms with Crippen LogP contribution in [0.3, 0.4) is 0 Å². The van der Waals surface area contributed by atoms with Gasteiger partial charge in [-0.2, -0.15) is 0 Å². The Balaban J connectivity index is 2.15. The molecule has 0 aromatic heterocycles. The van der Waals surface area contributed by atoms with Gasteiger partial charge < -0.3 is 0 Å². The van der Waals surface area contributed by atoms with Gasteiger partial charge in [-0.1, -0.05) is 72.8 Å². The molecule has 0 saturated heterocycles. The highest BCUT2D eigenvalue weighted by Crippen LogP contribution is 2.30. The van der Waals surface area contributed by atoms with Gasteiger partial charge in [0.2, 0.25) is 0 Å². The molecular formula is C22H24Cl2O2S. The van der Waals surface area contributed by atoms with Crippen LogP contribution in [-0.2, 0) is 22.7 Å². The van der Waals surface area contributed by atoms with Crippen molar-refractivity contribution in [3.05, 3.63) is 97.1 Å². The Hall–Kier alpha value is -1.55. The largest absolute Gasteiger partial charge is 0.229 e. The molecule has 2 aromatic carbocycles. The van der Waals surface area contributed by atoms with E-state index in [9.17, 15) is 8.42 Å². The SMILES string of the molecule is C=CC(Cl)(Cc1ccccc1)CS(=O)(=O)CC(Cl)(C=C)Cc1ccccc1. The predicted octanol–water partition coefficient (Wildman–Crippen LogP) is 5.21. The molecule has 0 bridgehead atoms. The summed E-state index contributed by atoms with van der Waals surface area (Å²) in [5, 5.41) is 0. The second kappa shape index (κ2) is 9.09. The summed E-state index contributed by atoms with van der Waals surface area (Å²) in [5.41, 5.74) is 1.90. The molecule has 2 nitrogen and oxygen atoms in total. The third-order valence-electron chi connectivity index (χ3n) is 4.33. The molecule has 5 heteroatoms. The first-order valence-electron chi connectivity index (χ1n) is 8.63. The average molecular weight is 423 g/mol. The molecule has 0 aliphatic heterocycles. The van der Waals surface area contributed by atoms with Crippen molar-refractivity contribution in [2.45, 2.75) is 22.6 Å². The smallest absolute Gasteiger partial charge is 0.154 e. The standard InChI is InChI=1S/C22H24Cl2O2S/c1-3-21(23,15-19-11-7-5-8-12-19)17-27(25,26)18-22(24,4-2)16-20-13-9-6-10-14-20/h3-14H,1-2,15-18H2. The van der Waals surface area contributed by atoms with E-state index in [1.807, 2.05) is 60.7 Å². The van der Waals surface area contributed by atoms with Crippen molar-refractivity contribution >= 4 is 33.0 Å². The first-order chi connectivity index (χ1) is 12.7. The first kappa shape index (κ1) is 21.7. The van der Waals surface area contributed by atoms with Crippen molar-refractivity contribution in [3.63, 3.8) is 0 Å². The molecule has 2 atom stereocenters. The van der Waals surface area contributed by atoms with Crippen molar-refractivity contribution in [2.24, 2.45) is 0 Å². The average Bonchev–Trinajstić information content (AvgIpc) is 2.62. The third-order valence-corrected chi connectivity index (χ3v) is 7.40. The molecular weight excluding hydrogens is 399 g/mol. The van der Waals surface area contributed by atoms with Gasteiger partial charge in [-0.3, -0.25) is 0 Å². The van der Waals surface area contributed by atoms with Crippen LogP contribution in [0.25, 0.3) is 0 Å². The van der Waals surface area contributed by atoms with Crippen LogP contribution in [0.2, 0.25) is 0 Å². The van der Waals surface area contributed by atoms with E-state index in [2.05, 4.69) is 13.2 Å². The normalized spacial score (nSPS) is 16.1. The second-order valence-electron chi connectivity index (χ2n) is 6.83. The molecule has 0 fully saturated rings. The lowest BCUT2D eigenvalue weighted by atomic mass is 10.0. The van der Waals surface area contributed by atoms with E-state index in [0.717, 1.165) is 11.1 Å². The minimum absolute atomic E-state index is 0.239. The highest BCUT2D eigenvalue weighted by Gasteiger charge is 2.36. The van der Waals surface area contributed by atoms with E-state index in [0.29, 0.717) is 12.8 Å². The van der Waals surface area contributed by atoms with Crippen molar-refractivity contribution < 1.29 is 8.42 Å². The zero-order chi connectivity index (χ0) is 20.0. The Labute approximate surface area is 172 Å². The number of benzene rings is 2. The zero-order valence-electron chi connectivity index (χ0n) is 15.2. The lowest BCUT2D eigenvalue weighted by Crippen LogP contribution is -2.39. The molecule has 0 radical (unpaired) electrons. The van der Waals surface area contributed by atoms with Crippen LogP contribution in [0.4, 0.5) is 0 Å². The van der Waals surface area contributed by atoms with Crippen LogP contribution >= 0.6 is 23.2 Å². The number of alkyl halides is 2. The highest BCUT2D eigenvalue weighted by atomic mass is 35.5. The summed E-state index contributed by atoms with van der Waals surface area (Å²) in [6.45, 7) is 7.50. The van der Waals surface area contributed by atoms with Gasteiger partial charge in [0.1, 0.15) is 0 Å². The quantitative estimate of drug-likeness (QED) is 0.388. The Morgan fingerprint density at radius 2 is 1.07 bits per heavy atom. The number of halogens is 2. The van der Waals surface area contributed by atoms with Crippen molar-refractivity contribution in [1.82, 2.24) is 0 Å². The van der Waals surface area contributed by atoms with Gasteiger partial charge in [0.05, 0.1) is 21.3 Å². The predicted molar refractivity (Wildman–Crippen MR) is 117 cm³/mol.